The summed E-state index contributed by atoms with van der Waals surface area (Å²) in [5, 5.41) is 2.66. The van der Waals surface area contributed by atoms with E-state index >= 15 is 0 Å². The fourth-order valence-electron chi connectivity index (χ4n) is 3.06. The SMILES string of the molecule is O=C(NCCC(=O)N1CCCC1)c1ccc(NS(=O)(=O)c2ccc(F)c(F)c2)cc1. The highest BCUT2D eigenvalue weighted by Crippen LogP contribution is 2.19. The largest absolute Gasteiger partial charge is 0.352 e. The van der Waals surface area contributed by atoms with Crippen LogP contribution < -0.4 is 10.0 Å². The molecule has 7 nitrogen and oxygen atoms in total. The van der Waals surface area contributed by atoms with Crippen LogP contribution in [-0.4, -0.2) is 44.8 Å². The van der Waals surface area contributed by atoms with Crippen LogP contribution in [0, 0.1) is 11.6 Å². The van der Waals surface area contributed by atoms with E-state index in [2.05, 4.69) is 10.0 Å². The molecule has 1 fully saturated rings. The Kier molecular flexibility index (Phi) is 6.66. The summed E-state index contributed by atoms with van der Waals surface area (Å²) in [5.41, 5.74) is 0.444. The monoisotopic (exact) mass is 437 g/mol. The van der Waals surface area contributed by atoms with E-state index in [1.165, 1.54) is 24.3 Å². The van der Waals surface area contributed by atoms with Crippen molar-refractivity contribution in [3.05, 3.63) is 59.7 Å². The number of hydrogen-bond acceptors (Lipinski definition) is 4. The number of benzene rings is 2. The Morgan fingerprint density at radius 1 is 0.967 bits per heavy atom. The Morgan fingerprint density at radius 2 is 1.63 bits per heavy atom. The lowest BCUT2D eigenvalue weighted by molar-refractivity contribution is -0.129. The van der Waals surface area contributed by atoms with Gasteiger partial charge in [-0.25, -0.2) is 17.2 Å². The van der Waals surface area contributed by atoms with E-state index in [9.17, 15) is 26.8 Å². The molecule has 10 heteroatoms. The molecule has 0 unspecified atom stereocenters. The second kappa shape index (κ2) is 9.21. The Morgan fingerprint density at radius 3 is 2.27 bits per heavy atom. The van der Waals surface area contributed by atoms with Crippen molar-refractivity contribution in [1.82, 2.24) is 10.2 Å². The van der Waals surface area contributed by atoms with Gasteiger partial charge in [0.1, 0.15) is 0 Å². The van der Waals surface area contributed by atoms with Crippen LogP contribution >= 0.6 is 0 Å². The van der Waals surface area contributed by atoms with Crippen LogP contribution in [-0.2, 0) is 14.8 Å². The van der Waals surface area contributed by atoms with E-state index in [0.717, 1.165) is 38.1 Å². The van der Waals surface area contributed by atoms with Gasteiger partial charge in [-0.3, -0.25) is 14.3 Å². The fraction of sp³-hybridized carbons (Fsp3) is 0.300. The Hall–Kier alpha value is -3.01. The number of anilines is 1. The Balaban J connectivity index is 1.55. The molecule has 0 aliphatic carbocycles. The van der Waals surface area contributed by atoms with E-state index in [-0.39, 0.29) is 30.5 Å². The molecule has 0 aromatic heterocycles. The summed E-state index contributed by atoms with van der Waals surface area (Å²) < 4.78 is 53.1. The average Bonchev–Trinajstić information content (AvgIpc) is 3.25. The smallest absolute Gasteiger partial charge is 0.261 e. The first-order valence-electron chi connectivity index (χ1n) is 9.40. The molecular formula is C20H21F2N3O4S. The zero-order valence-corrected chi connectivity index (χ0v) is 16.8. The molecule has 0 atom stereocenters. The molecule has 1 aliphatic rings. The van der Waals surface area contributed by atoms with Gasteiger partial charge in [-0.2, -0.15) is 0 Å². The first-order chi connectivity index (χ1) is 14.3. The van der Waals surface area contributed by atoms with Gasteiger partial charge in [-0.1, -0.05) is 0 Å². The van der Waals surface area contributed by atoms with Gasteiger partial charge in [0, 0.05) is 37.3 Å². The molecule has 160 valence electrons. The molecule has 1 aliphatic heterocycles. The van der Waals surface area contributed by atoms with E-state index < -0.39 is 26.6 Å². The number of amides is 2. The highest BCUT2D eigenvalue weighted by molar-refractivity contribution is 7.92. The van der Waals surface area contributed by atoms with Crippen molar-refractivity contribution in [3.63, 3.8) is 0 Å². The maximum absolute atomic E-state index is 13.3. The highest BCUT2D eigenvalue weighted by atomic mass is 32.2. The maximum atomic E-state index is 13.3. The van der Waals surface area contributed by atoms with Gasteiger partial charge in [0.15, 0.2) is 11.6 Å². The van der Waals surface area contributed by atoms with Crippen molar-refractivity contribution < 1.29 is 26.8 Å². The van der Waals surface area contributed by atoms with E-state index in [1.807, 2.05) is 0 Å². The van der Waals surface area contributed by atoms with Gasteiger partial charge in [0.2, 0.25) is 5.91 Å². The summed E-state index contributed by atoms with van der Waals surface area (Å²) in [6.45, 7) is 1.72. The summed E-state index contributed by atoms with van der Waals surface area (Å²) in [4.78, 5) is 25.5. The number of likely N-dealkylation sites (tertiary alicyclic amines) is 1. The van der Waals surface area contributed by atoms with E-state index in [0.29, 0.717) is 11.6 Å². The minimum Gasteiger partial charge on any atom is -0.352 e. The molecular weight excluding hydrogens is 416 g/mol. The summed E-state index contributed by atoms with van der Waals surface area (Å²) in [7, 11) is -4.12. The number of carbonyl (C=O) groups is 2. The number of carbonyl (C=O) groups excluding carboxylic acids is 2. The third-order valence-corrected chi connectivity index (χ3v) is 6.06. The molecule has 2 N–H and O–H groups in total. The molecule has 0 bridgehead atoms. The third-order valence-electron chi connectivity index (χ3n) is 4.68. The van der Waals surface area contributed by atoms with E-state index in [1.54, 1.807) is 4.90 Å². The number of nitrogens with zero attached hydrogens (tertiary/aromatic N) is 1. The normalized spacial score (nSPS) is 13.9. The average molecular weight is 437 g/mol. The summed E-state index contributed by atoms with van der Waals surface area (Å²) >= 11 is 0. The van der Waals surface area contributed by atoms with Gasteiger partial charge in [0.25, 0.3) is 15.9 Å². The Labute approximate surface area is 173 Å². The summed E-state index contributed by atoms with van der Waals surface area (Å²) in [6, 6.07) is 7.85. The molecule has 0 spiro atoms. The van der Waals surface area contributed by atoms with Crippen molar-refractivity contribution in [2.24, 2.45) is 0 Å². The van der Waals surface area contributed by atoms with Crippen molar-refractivity contribution in [2.45, 2.75) is 24.2 Å². The lowest BCUT2D eigenvalue weighted by atomic mass is 10.2. The van der Waals surface area contributed by atoms with E-state index in [4.69, 9.17) is 0 Å². The van der Waals surface area contributed by atoms with Crippen molar-refractivity contribution >= 4 is 27.5 Å². The van der Waals surface area contributed by atoms with Gasteiger partial charge in [-0.15, -0.1) is 0 Å². The van der Waals surface area contributed by atoms with Crippen LogP contribution in [0.15, 0.2) is 47.4 Å². The number of nitrogens with one attached hydrogen (secondary N) is 2. The zero-order chi connectivity index (χ0) is 21.7. The zero-order valence-electron chi connectivity index (χ0n) is 16.0. The molecule has 3 rings (SSSR count). The first kappa shape index (κ1) is 21.7. The topological polar surface area (TPSA) is 95.6 Å². The predicted octanol–water partition coefficient (Wildman–Crippen LogP) is 2.51. The van der Waals surface area contributed by atoms with Crippen LogP contribution in [0.2, 0.25) is 0 Å². The van der Waals surface area contributed by atoms with Gasteiger partial charge in [0.05, 0.1) is 4.90 Å². The van der Waals surface area contributed by atoms with Crippen molar-refractivity contribution in [3.8, 4) is 0 Å². The number of rotatable bonds is 7. The standard InChI is InChI=1S/C20H21F2N3O4S/c21-17-8-7-16(13-18(17)22)30(28,29)24-15-5-3-14(4-6-15)20(27)23-10-9-19(26)25-11-1-2-12-25/h3-8,13,24H,1-2,9-12H2,(H,23,27). The molecule has 30 heavy (non-hydrogen) atoms. The van der Waals surface area contributed by atoms with Crippen LogP contribution in [0.25, 0.3) is 0 Å². The number of hydrogen-bond donors (Lipinski definition) is 2. The van der Waals surface area contributed by atoms with Crippen molar-refractivity contribution in [1.29, 1.82) is 0 Å². The third kappa shape index (κ3) is 5.32. The molecule has 2 amide bonds. The molecule has 2 aromatic rings. The lowest BCUT2D eigenvalue weighted by Gasteiger charge is -2.15. The fourth-order valence-corrected chi connectivity index (χ4v) is 4.13. The molecule has 1 saturated heterocycles. The minimum atomic E-state index is -4.12. The molecule has 0 saturated carbocycles. The van der Waals surface area contributed by atoms with Gasteiger partial charge < -0.3 is 10.2 Å². The van der Waals surface area contributed by atoms with Gasteiger partial charge in [-0.05, 0) is 55.3 Å². The predicted molar refractivity (Wildman–Crippen MR) is 106 cm³/mol. The molecule has 2 aromatic carbocycles. The summed E-state index contributed by atoms with van der Waals surface area (Å²) in [5.74, 6) is -2.80. The van der Waals surface area contributed by atoms with Gasteiger partial charge >= 0.3 is 0 Å². The van der Waals surface area contributed by atoms with Crippen LogP contribution in [0.5, 0.6) is 0 Å². The van der Waals surface area contributed by atoms with Crippen LogP contribution in [0.3, 0.4) is 0 Å². The van der Waals surface area contributed by atoms with Crippen molar-refractivity contribution in [2.75, 3.05) is 24.4 Å². The lowest BCUT2D eigenvalue weighted by Crippen LogP contribution is -2.32. The maximum Gasteiger partial charge on any atom is 0.261 e. The Bertz CT molecular complexity index is 1040. The highest BCUT2D eigenvalue weighted by Gasteiger charge is 2.18. The quantitative estimate of drug-likeness (QED) is 0.696. The minimum absolute atomic E-state index is 0.00906. The molecule has 1 heterocycles. The molecule has 0 radical (unpaired) electrons. The second-order valence-corrected chi connectivity index (χ2v) is 8.53. The van der Waals surface area contributed by atoms with Crippen LogP contribution in [0.1, 0.15) is 29.6 Å². The number of sulfonamides is 1. The first-order valence-corrected chi connectivity index (χ1v) is 10.9. The second-order valence-electron chi connectivity index (χ2n) is 6.85. The van der Waals surface area contributed by atoms with Crippen LogP contribution in [0.4, 0.5) is 14.5 Å². The number of halogens is 2. The summed E-state index contributed by atoms with van der Waals surface area (Å²) in [6.07, 6.45) is 2.23.